The van der Waals surface area contributed by atoms with E-state index in [1.54, 1.807) is 31.4 Å². The molecule has 7 heteroatoms. The van der Waals surface area contributed by atoms with Gasteiger partial charge in [-0.15, -0.1) is 0 Å². The number of ether oxygens (including phenoxy) is 3. The van der Waals surface area contributed by atoms with Crippen LogP contribution in [0.2, 0.25) is 0 Å². The lowest BCUT2D eigenvalue weighted by atomic mass is 10.2. The lowest BCUT2D eigenvalue weighted by molar-refractivity contribution is 0.0952. The molecule has 0 unspecified atom stereocenters. The quantitative estimate of drug-likeness (QED) is 0.380. The third-order valence-corrected chi connectivity index (χ3v) is 4.70. The molecule has 3 rings (SSSR count). The van der Waals surface area contributed by atoms with Crippen molar-refractivity contribution in [3.05, 3.63) is 87.9 Å². The van der Waals surface area contributed by atoms with Crippen LogP contribution in [-0.4, -0.2) is 26.3 Å². The molecule has 0 aliphatic carbocycles. The summed E-state index contributed by atoms with van der Waals surface area (Å²) >= 11 is 3.35. The molecule has 0 heterocycles. The van der Waals surface area contributed by atoms with Gasteiger partial charge in [0.05, 0.1) is 26.0 Å². The number of hydrazone groups is 1. The number of hydrogen-bond donors (Lipinski definition) is 1. The Morgan fingerprint density at radius 2 is 1.70 bits per heavy atom. The Labute approximate surface area is 183 Å². The summed E-state index contributed by atoms with van der Waals surface area (Å²) in [5.74, 6) is 1.29. The number of carbonyl (C=O) groups excluding carboxylic acids is 1. The van der Waals surface area contributed by atoms with E-state index in [1.165, 1.54) is 13.3 Å². The lowest BCUT2D eigenvalue weighted by Gasteiger charge is -2.11. The third-order valence-electron chi connectivity index (χ3n) is 4.21. The first-order valence-corrected chi connectivity index (χ1v) is 9.91. The highest BCUT2D eigenvalue weighted by Gasteiger charge is 2.12. The molecule has 0 aliphatic heterocycles. The van der Waals surface area contributed by atoms with E-state index in [4.69, 9.17) is 14.2 Å². The van der Waals surface area contributed by atoms with E-state index in [1.807, 2.05) is 42.5 Å². The fourth-order valence-electron chi connectivity index (χ4n) is 2.70. The number of rotatable bonds is 8. The highest BCUT2D eigenvalue weighted by Crippen LogP contribution is 2.28. The summed E-state index contributed by atoms with van der Waals surface area (Å²) in [6.07, 6.45) is 1.53. The SMILES string of the molecule is COc1cc(/C=N/NC(=O)c2cc(Br)ccc2OC)ccc1OCc1ccccc1. The van der Waals surface area contributed by atoms with E-state index < -0.39 is 0 Å². The van der Waals surface area contributed by atoms with Crippen molar-refractivity contribution in [1.82, 2.24) is 5.43 Å². The maximum absolute atomic E-state index is 12.4. The van der Waals surface area contributed by atoms with Crippen LogP contribution in [0.1, 0.15) is 21.5 Å². The molecule has 154 valence electrons. The van der Waals surface area contributed by atoms with Gasteiger partial charge in [-0.25, -0.2) is 5.43 Å². The number of methoxy groups -OCH3 is 2. The molecule has 30 heavy (non-hydrogen) atoms. The van der Waals surface area contributed by atoms with Gasteiger partial charge in [0.25, 0.3) is 5.91 Å². The molecule has 0 aliphatic rings. The summed E-state index contributed by atoms with van der Waals surface area (Å²) in [7, 11) is 3.09. The lowest BCUT2D eigenvalue weighted by Crippen LogP contribution is -2.18. The standard InChI is InChI=1S/C23H21BrN2O4/c1-28-20-11-9-18(24)13-19(20)23(27)26-25-14-17-8-10-21(22(12-17)29-2)30-15-16-6-4-3-5-7-16/h3-14H,15H2,1-2H3,(H,26,27)/b25-14+. The summed E-state index contributed by atoms with van der Waals surface area (Å²) in [5.41, 5.74) is 4.70. The van der Waals surface area contributed by atoms with Gasteiger partial charge in [0.2, 0.25) is 0 Å². The number of hydrogen-bond acceptors (Lipinski definition) is 5. The summed E-state index contributed by atoms with van der Waals surface area (Å²) in [4.78, 5) is 12.4. The van der Waals surface area contributed by atoms with Gasteiger partial charge in [-0.3, -0.25) is 4.79 Å². The van der Waals surface area contributed by atoms with Gasteiger partial charge in [0.1, 0.15) is 12.4 Å². The molecule has 0 saturated heterocycles. The van der Waals surface area contributed by atoms with Crippen molar-refractivity contribution in [3.63, 3.8) is 0 Å². The number of nitrogens with zero attached hydrogens (tertiary/aromatic N) is 1. The zero-order valence-electron chi connectivity index (χ0n) is 16.6. The summed E-state index contributed by atoms with van der Waals surface area (Å²) in [6.45, 7) is 0.440. The van der Waals surface area contributed by atoms with Gasteiger partial charge in [-0.05, 0) is 47.5 Å². The Bertz CT molecular complexity index is 1040. The second-order valence-electron chi connectivity index (χ2n) is 6.23. The highest BCUT2D eigenvalue weighted by molar-refractivity contribution is 9.10. The van der Waals surface area contributed by atoms with Crippen LogP contribution in [0.25, 0.3) is 0 Å². The van der Waals surface area contributed by atoms with Crippen molar-refractivity contribution >= 4 is 28.1 Å². The average molecular weight is 469 g/mol. The van der Waals surface area contributed by atoms with E-state index in [-0.39, 0.29) is 5.91 Å². The molecule has 0 saturated carbocycles. The minimum atomic E-state index is -0.376. The van der Waals surface area contributed by atoms with Gasteiger partial charge >= 0.3 is 0 Å². The maximum atomic E-state index is 12.4. The molecule has 3 aromatic carbocycles. The van der Waals surface area contributed by atoms with Gasteiger partial charge in [0, 0.05) is 4.47 Å². The summed E-state index contributed by atoms with van der Waals surface area (Å²) in [6, 6.07) is 20.5. The predicted octanol–water partition coefficient (Wildman–Crippen LogP) is 4.81. The molecule has 0 aromatic heterocycles. The van der Waals surface area contributed by atoms with Gasteiger partial charge < -0.3 is 14.2 Å². The van der Waals surface area contributed by atoms with Crippen LogP contribution in [0.3, 0.4) is 0 Å². The number of carbonyl (C=O) groups is 1. The van der Waals surface area contributed by atoms with Gasteiger partial charge in [0.15, 0.2) is 11.5 Å². The number of benzene rings is 3. The Balaban J connectivity index is 1.65. The monoisotopic (exact) mass is 468 g/mol. The van der Waals surface area contributed by atoms with Crippen LogP contribution in [-0.2, 0) is 6.61 Å². The van der Waals surface area contributed by atoms with Crippen molar-refractivity contribution in [2.24, 2.45) is 5.10 Å². The number of amides is 1. The summed E-state index contributed by atoms with van der Waals surface area (Å²) < 4.78 is 17.3. The second kappa shape index (κ2) is 10.5. The van der Waals surface area contributed by atoms with Crippen molar-refractivity contribution < 1.29 is 19.0 Å². The molecule has 0 fully saturated rings. The molecule has 6 nitrogen and oxygen atoms in total. The van der Waals surface area contributed by atoms with Gasteiger partial charge in [-0.2, -0.15) is 5.10 Å². The topological polar surface area (TPSA) is 69.2 Å². The van der Waals surface area contributed by atoms with Crippen LogP contribution in [0.15, 0.2) is 76.3 Å². The Morgan fingerprint density at radius 1 is 0.967 bits per heavy atom. The first-order valence-electron chi connectivity index (χ1n) is 9.12. The van der Waals surface area contributed by atoms with Crippen LogP contribution in [0.5, 0.6) is 17.2 Å². The fourth-order valence-corrected chi connectivity index (χ4v) is 3.06. The maximum Gasteiger partial charge on any atom is 0.275 e. The van der Waals surface area contributed by atoms with Crippen LogP contribution < -0.4 is 19.6 Å². The van der Waals surface area contributed by atoms with Crippen molar-refractivity contribution in [1.29, 1.82) is 0 Å². The molecule has 3 aromatic rings. The smallest absolute Gasteiger partial charge is 0.275 e. The van der Waals surface area contributed by atoms with Crippen LogP contribution in [0.4, 0.5) is 0 Å². The van der Waals surface area contributed by atoms with Gasteiger partial charge in [-0.1, -0.05) is 46.3 Å². The van der Waals surface area contributed by atoms with Crippen LogP contribution in [0, 0.1) is 0 Å². The minimum Gasteiger partial charge on any atom is -0.496 e. The molecular formula is C23H21BrN2O4. The fraction of sp³-hybridized carbons (Fsp3) is 0.130. The number of halogens is 1. The molecule has 0 bridgehead atoms. The van der Waals surface area contributed by atoms with E-state index in [9.17, 15) is 4.79 Å². The van der Waals surface area contributed by atoms with E-state index in [0.29, 0.717) is 29.4 Å². The zero-order valence-corrected chi connectivity index (χ0v) is 18.2. The third kappa shape index (κ3) is 5.61. The van der Waals surface area contributed by atoms with E-state index in [0.717, 1.165) is 15.6 Å². The molecule has 0 atom stereocenters. The minimum absolute atomic E-state index is 0.376. The first kappa shape index (κ1) is 21.4. The second-order valence-corrected chi connectivity index (χ2v) is 7.14. The molecular weight excluding hydrogens is 448 g/mol. The predicted molar refractivity (Wildman–Crippen MR) is 120 cm³/mol. The normalized spacial score (nSPS) is 10.6. The zero-order chi connectivity index (χ0) is 21.3. The molecule has 1 N–H and O–H groups in total. The van der Waals surface area contributed by atoms with Crippen molar-refractivity contribution in [2.45, 2.75) is 6.61 Å². The first-order chi connectivity index (χ1) is 14.6. The van der Waals surface area contributed by atoms with Crippen molar-refractivity contribution in [2.75, 3.05) is 14.2 Å². The number of nitrogens with one attached hydrogen (secondary N) is 1. The largest absolute Gasteiger partial charge is 0.496 e. The molecule has 0 spiro atoms. The summed E-state index contributed by atoms with van der Waals surface area (Å²) in [5, 5.41) is 4.03. The molecule has 1 amide bonds. The Hall–Kier alpha value is -3.32. The Kier molecular flexibility index (Phi) is 7.45. The van der Waals surface area contributed by atoms with E-state index in [2.05, 4.69) is 26.5 Å². The highest BCUT2D eigenvalue weighted by atomic mass is 79.9. The molecule has 0 radical (unpaired) electrons. The Morgan fingerprint density at radius 3 is 2.43 bits per heavy atom. The van der Waals surface area contributed by atoms with Crippen molar-refractivity contribution in [3.8, 4) is 17.2 Å². The van der Waals surface area contributed by atoms with E-state index >= 15 is 0 Å². The van der Waals surface area contributed by atoms with Crippen LogP contribution >= 0.6 is 15.9 Å². The average Bonchev–Trinajstić information content (AvgIpc) is 2.78.